The Kier molecular flexibility index (Phi) is 4.76. The molecule has 108 valence electrons. The summed E-state index contributed by atoms with van der Waals surface area (Å²) >= 11 is 0. The third kappa shape index (κ3) is 3.35. The van der Waals surface area contributed by atoms with Crippen molar-refractivity contribution in [3.63, 3.8) is 0 Å². The number of hydrogen-bond donors (Lipinski definition) is 1. The molecule has 0 aliphatic heterocycles. The van der Waals surface area contributed by atoms with Gasteiger partial charge in [0.15, 0.2) is 0 Å². The number of benzene rings is 1. The second-order valence-corrected chi connectivity index (χ2v) is 7.47. The lowest BCUT2D eigenvalue weighted by atomic mass is 10.0. The van der Waals surface area contributed by atoms with E-state index in [9.17, 15) is 8.42 Å². The van der Waals surface area contributed by atoms with E-state index in [1.165, 1.54) is 4.31 Å². The van der Waals surface area contributed by atoms with Gasteiger partial charge in [-0.25, -0.2) is 8.42 Å². The second kappa shape index (κ2) is 5.61. The molecule has 0 aromatic heterocycles. The number of hydrogen-bond acceptors (Lipinski definition) is 3. The van der Waals surface area contributed by atoms with Crippen LogP contribution in [-0.4, -0.2) is 25.3 Å². The number of rotatable bonds is 5. The van der Waals surface area contributed by atoms with Crippen LogP contribution in [0.1, 0.15) is 45.7 Å². The molecule has 1 unspecified atom stereocenters. The topological polar surface area (TPSA) is 63.4 Å². The second-order valence-electron chi connectivity index (χ2n) is 5.50. The first-order valence-corrected chi connectivity index (χ1v) is 7.91. The van der Waals surface area contributed by atoms with E-state index in [0.29, 0.717) is 4.90 Å². The molecule has 2 N–H and O–H groups in total. The molecule has 0 amide bonds. The van der Waals surface area contributed by atoms with Gasteiger partial charge in [-0.1, -0.05) is 19.1 Å². The molecule has 0 aliphatic carbocycles. The molecule has 0 spiro atoms. The van der Waals surface area contributed by atoms with Crippen LogP contribution in [0.15, 0.2) is 29.2 Å². The van der Waals surface area contributed by atoms with Crippen LogP contribution in [0.25, 0.3) is 0 Å². The fourth-order valence-electron chi connectivity index (χ4n) is 1.65. The minimum absolute atomic E-state index is 0.0958. The molecule has 0 fully saturated rings. The molecule has 0 saturated carbocycles. The molecular weight excluding hydrogens is 260 g/mol. The Bertz CT molecular complexity index is 519. The lowest BCUT2D eigenvalue weighted by Crippen LogP contribution is -2.44. The fourth-order valence-corrected chi connectivity index (χ4v) is 3.23. The third-order valence-corrected chi connectivity index (χ3v) is 5.87. The Labute approximate surface area is 116 Å². The monoisotopic (exact) mass is 284 g/mol. The molecule has 5 heteroatoms. The summed E-state index contributed by atoms with van der Waals surface area (Å²) in [6.45, 7) is 7.68. The number of nitrogens with two attached hydrogens (primary N) is 1. The molecule has 1 atom stereocenters. The molecule has 1 aromatic rings. The average Bonchev–Trinajstić information content (AvgIpc) is 2.37. The summed E-state index contributed by atoms with van der Waals surface area (Å²) in [6.07, 6.45) is 0.751. The van der Waals surface area contributed by atoms with Gasteiger partial charge in [0.05, 0.1) is 4.90 Å². The maximum Gasteiger partial charge on any atom is 0.243 e. The van der Waals surface area contributed by atoms with E-state index in [1.54, 1.807) is 31.3 Å². The van der Waals surface area contributed by atoms with Crippen molar-refractivity contribution in [3.8, 4) is 0 Å². The van der Waals surface area contributed by atoms with Crippen molar-refractivity contribution in [3.05, 3.63) is 29.8 Å². The highest BCUT2D eigenvalue weighted by Crippen LogP contribution is 2.25. The van der Waals surface area contributed by atoms with Gasteiger partial charge in [0.2, 0.25) is 10.0 Å². The summed E-state index contributed by atoms with van der Waals surface area (Å²) in [5.41, 5.74) is 6.29. The fraction of sp³-hybridized carbons (Fsp3) is 0.571. The van der Waals surface area contributed by atoms with Crippen molar-refractivity contribution in [2.24, 2.45) is 5.73 Å². The highest BCUT2D eigenvalue weighted by atomic mass is 32.2. The van der Waals surface area contributed by atoms with E-state index >= 15 is 0 Å². The standard InChI is InChI=1S/C14H24N2O2S/c1-6-14(3,4)16(5)19(17,18)13-9-7-12(8-10-13)11(2)15/h7-11H,6,15H2,1-5H3. The van der Waals surface area contributed by atoms with Crippen LogP contribution in [0.3, 0.4) is 0 Å². The normalized spacial score (nSPS) is 14.7. The zero-order valence-corrected chi connectivity index (χ0v) is 13.2. The molecule has 1 rings (SSSR count). The smallest absolute Gasteiger partial charge is 0.243 e. The van der Waals surface area contributed by atoms with E-state index in [2.05, 4.69) is 0 Å². The highest BCUT2D eigenvalue weighted by Gasteiger charge is 2.32. The summed E-state index contributed by atoms with van der Waals surface area (Å²) in [5, 5.41) is 0. The van der Waals surface area contributed by atoms with Gasteiger partial charge in [0, 0.05) is 18.6 Å². The summed E-state index contributed by atoms with van der Waals surface area (Å²) in [7, 11) is -1.84. The molecule has 1 aromatic carbocycles. The Morgan fingerprint density at radius 3 is 2.11 bits per heavy atom. The average molecular weight is 284 g/mol. The van der Waals surface area contributed by atoms with Gasteiger partial charge in [-0.15, -0.1) is 0 Å². The molecule has 0 radical (unpaired) electrons. The van der Waals surface area contributed by atoms with Gasteiger partial charge >= 0.3 is 0 Å². The van der Waals surface area contributed by atoms with Crippen LogP contribution in [-0.2, 0) is 10.0 Å². The van der Waals surface area contributed by atoms with Crippen LogP contribution in [0, 0.1) is 0 Å². The Hall–Kier alpha value is -0.910. The molecule has 0 aliphatic rings. The number of nitrogens with zero attached hydrogens (tertiary/aromatic N) is 1. The minimum Gasteiger partial charge on any atom is -0.324 e. The van der Waals surface area contributed by atoms with Gasteiger partial charge in [-0.05, 0) is 44.9 Å². The quantitative estimate of drug-likeness (QED) is 0.903. The van der Waals surface area contributed by atoms with Gasteiger partial charge in [-0.3, -0.25) is 0 Å². The highest BCUT2D eigenvalue weighted by molar-refractivity contribution is 7.89. The minimum atomic E-state index is -3.46. The third-order valence-electron chi connectivity index (χ3n) is 3.78. The lowest BCUT2D eigenvalue weighted by Gasteiger charge is -2.33. The molecular formula is C14H24N2O2S. The predicted octanol–water partition coefficient (Wildman–Crippen LogP) is 2.52. The number of sulfonamides is 1. The zero-order valence-electron chi connectivity index (χ0n) is 12.3. The zero-order chi connectivity index (χ0) is 14.8. The van der Waals surface area contributed by atoms with Crippen molar-refractivity contribution in [2.75, 3.05) is 7.05 Å². The van der Waals surface area contributed by atoms with Gasteiger partial charge in [-0.2, -0.15) is 4.31 Å². The van der Waals surface area contributed by atoms with Gasteiger partial charge < -0.3 is 5.73 Å². The van der Waals surface area contributed by atoms with Crippen molar-refractivity contribution in [1.29, 1.82) is 0 Å². The van der Waals surface area contributed by atoms with E-state index in [-0.39, 0.29) is 6.04 Å². The van der Waals surface area contributed by atoms with Crippen LogP contribution < -0.4 is 5.73 Å². The van der Waals surface area contributed by atoms with Crippen LogP contribution >= 0.6 is 0 Å². The van der Waals surface area contributed by atoms with E-state index in [4.69, 9.17) is 5.73 Å². The Morgan fingerprint density at radius 2 is 1.74 bits per heavy atom. The summed E-state index contributed by atoms with van der Waals surface area (Å²) < 4.78 is 26.5. The van der Waals surface area contributed by atoms with E-state index in [0.717, 1.165) is 12.0 Å². The first-order chi connectivity index (χ1) is 8.63. The maximum absolute atomic E-state index is 12.5. The molecule has 19 heavy (non-hydrogen) atoms. The summed E-state index contributed by atoms with van der Waals surface area (Å²) in [6, 6.07) is 6.68. The van der Waals surface area contributed by atoms with E-state index < -0.39 is 15.6 Å². The maximum atomic E-state index is 12.5. The Balaban J connectivity index is 3.14. The molecule has 0 heterocycles. The lowest BCUT2D eigenvalue weighted by molar-refractivity contribution is 0.257. The van der Waals surface area contributed by atoms with Crippen LogP contribution in [0.5, 0.6) is 0 Å². The van der Waals surface area contributed by atoms with Crippen molar-refractivity contribution >= 4 is 10.0 Å². The first kappa shape index (κ1) is 16.1. The summed E-state index contributed by atoms with van der Waals surface area (Å²) in [4.78, 5) is 0.306. The molecule has 0 saturated heterocycles. The van der Waals surface area contributed by atoms with Crippen molar-refractivity contribution < 1.29 is 8.42 Å². The summed E-state index contributed by atoms with van der Waals surface area (Å²) in [5.74, 6) is 0. The Morgan fingerprint density at radius 1 is 1.26 bits per heavy atom. The molecule has 0 bridgehead atoms. The van der Waals surface area contributed by atoms with Crippen LogP contribution in [0.4, 0.5) is 0 Å². The van der Waals surface area contributed by atoms with Gasteiger partial charge in [0.1, 0.15) is 0 Å². The van der Waals surface area contributed by atoms with E-state index in [1.807, 2.05) is 27.7 Å². The SMILES string of the molecule is CCC(C)(C)N(C)S(=O)(=O)c1ccc(C(C)N)cc1. The molecule has 4 nitrogen and oxygen atoms in total. The van der Waals surface area contributed by atoms with Crippen molar-refractivity contribution in [1.82, 2.24) is 4.31 Å². The first-order valence-electron chi connectivity index (χ1n) is 6.47. The van der Waals surface area contributed by atoms with Crippen molar-refractivity contribution in [2.45, 2.75) is 50.6 Å². The predicted molar refractivity (Wildman–Crippen MR) is 78.4 cm³/mol. The largest absolute Gasteiger partial charge is 0.324 e. The van der Waals surface area contributed by atoms with Gasteiger partial charge in [0.25, 0.3) is 0 Å². The van der Waals surface area contributed by atoms with Crippen LogP contribution in [0.2, 0.25) is 0 Å².